The molecule has 0 bridgehead atoms. The maximum Gasteiger partial charge on any atom is 0.310 e. The number of hydrogen-bond acceptors (Lipinski definition) is 7. The van der Waals surface area contributed by atoms with Crippen molar-refractivity contribution in [3.8, 4) is 11.4 Å². The van der Waals surface area contributed by atoms with Gasteiger partial charge in [0, 0.05) is 38.1 Å². The highest BCUT2D eigenvalue weighted by atomic mass is 32.2. The maximum atomic E-state index is 12.6. The lowest BCUT2D eigenvalue weighted by molar-refractivity contribution is -0.151. The fraction of sp³-hybridized carbons (Fsp3) is 0.500. The molecule has 1 aliphatic rings. The van der Waals surface area contributed by atoms with Gasteiger partial charge in [-0.2, -0.15) is 0 Å². The van der Waals surface area contributed by atoms with Crippen LogP contribution in [0.5, 0.6) is 0 Å². The minimum atomic E-state index is -0.222. The molecule has 0 spiro atoms. The summed E-state index contributed by atoms with van der Waals surface area (Å²) in [6.45, 7) is 3.27. The molecule has 1 aliphatic heterocycles. The van der Waals surface area contributed by atoms with Gasteiger partial charge >= 0.3 is 5.97 Å². The van der Waals surface area contributed by atoms with E-state index < -0.39 is 0 Å². The number of nitrogens with zero attached hydrogens (tertiary/aromatic N) is 5. The monoisotopic (exact) mass is 389 g/mol. The molecule has 1 saturated heterocycles. The minimum Gasteiger partial charge on any atom is -0.466 e. The number of aromatic nitrogens is 4. The fourth-order valence-electron chi connectivity index (χ4n) is 3.07. The van der Waals surface area contributed by atoms with E-state index in [1.807, 2.05) is 23.7 Å². The van der Waals surface area contributed by atoms with E-state index in [0.717, 1.165) is 24.2 Å². The Kier molecular flexibility index (Phi) is 6.44. The van der Waals surface area contributed by atoms with Crippen molar-refractivity contribution >= 4 is 23.6 Å². The third-order valence-electron chi connectivity index (χ3n) is 4.49. The van der Waals surface area contributed by atoms with Crippen LogP contribution in [0.15, 0.2) is 29.7 Å². The van der Waals surface area contributed by atoms with Crippen LogP contribution in [-0.4, -0.2) is 62.0 Å². The largest absolute Gasteiger partial charge is 0.466 e. The van der Waals surface area contributed by atoms with Crippen molar-refractivity contribution < 1.29 is 14.3 Å². The third kappa shape index (κ3) is 4.65. The van der Waals surface area contributed by atoms with Crippen LogP contribution in [0.4, 0.5) is 0 Å². The molecule has 0 N–H and O–H groups in total. The van der Waals surface area contributed by atoms with E-state index in [2.05, 4.69) is 15.2 Å². The molecule has 3 heterocycles. The Bertz CT molecular complexity index is 796. The lowest BCUT2D eigenvalue weighted by Gasteiger charge is -2.31. The van der Waals surface area contributed by atoms with Crippen molar-refractivity contribution in [3.63, 3.8) is 0 Å². The van der Waals surface area contributed by atoms with Gasteiger partial charge in [-0.3, -0.25) is 14.6 Å². The third-order valence-corrected chi connectivity index (χ3v) is 5.50. The van der Waals surface area contributed by atoms with Crippen LogP contribution in [0.2, 0.25) is 0 Å². The average Bonchev–Trinajstić information content (AvgIpc) is 3.07. The van der Waals surface area contributed by atoms with E-state index in [9.17, 15) is 9.59 Å². The second-order valence-corrected chi connectivity index (χ2v) is 7.26. The van der Waals surface area contributed by atoms with Gasteiger partial charge in [0.25, 0.3) is 0 Å². The number of ether oxygens (including phenoxy) is 1. The zero-order chi connectivity index (χ0) is 19.2. The summed E-state index contributed by atoms with van der Waals surface area (Å²) in [6, 6.07) is 3.74. The first-order valence-electron chi connectivity index (χ1n) is 8.97. The molecule has 0 unspecified atom stereocenters. The molecule has 0 saturated carbocycles. The molecule has 1 fully saturated rings. The number of hydrogen-bond donors (Lipinski definition) is 0. The molecule has 2 aromatic heterocycles. The van der Waals surface area contributed by atoms with E-state index in [-0.39, 0.29) is 23.5 Å². The molecule has 0 aliphatic carbocycles. The molecule has 0 aromatic carbocycles. The number of pyridine rings is 1. The molecule has 27 heavy (non-hydrogen) atoms. The molecular formula is C18H23N5O3S. The Labute approximate surface area is 162 Å². The van der Waals surface area contributed by atoms with Gasteiger partial charge in [0.1, 0.15) is 0 Å². The standard InChI is InChI=1S/C18H23N5O3S/c1-3-26-17(25)14-5-4-10-23(11-14)15(24)12-27-18-21-20-16(22(18)2)13-6-8-19-9-7-13/h6-9,14H,3-5,10-12H2,1-2H3/t14-/m1/s1. The lowest BCUT2D eigenvalue weighted by Crippen LogP contribution is -2.43. The number of rotatable bonds is 6. The minimum absolute atomic E-state index is 0.00228. The van der Waals surface area contributed by atoms with Crippen molar-refractivity contribution in [2.24, 2.45) is 13.0 Å². The quantitative estimate of drug-likeness (QED) is 0.549. The van der Waals surface area contributed by atoms with Gasteiger partial charge in [-0.1, -0.05) is 11.8 Å². The number of carbonyl (C=O) groups is 2. The molecule has 8 nitrogen and oxygen atoms in total. The van der Waals surface area contributed by atoms with Crippen LogP contribution < -0.4 is 0 Å². The highest BCUT2D eigenvalue weighted by molar-refractivity contribution is 7.99. The SMILES string of the molecule is CCOC(=O)[C@@H]1CCCN(C(=O)CSc2nnc(-c3ccncc3)n2C)C1. The van der Waals surface area contributed by atoms with Crippen molar-refractivity contribution in [1.82, 2.24) is 24.6 Å². The van der Waals surface area contributed by atoms with Crippen molar-refractivity contribution in [2.45, 2.75) is 24.9 Å². The van der Waals surface area contributed by atoms with Crippen LogP contribution in [0.1, 0.15) is 19.8 Å². The Morgan fingerprint density at radius 3 is 2.81 bits per heavy atom. The first-order valence-corrected chi connectivity index (χ1v) is 9.95. The van der Waals surface area contributed by atoms with Crippen molar-refractivity contribution in [3.05, 3.63) is 24.5 Å². The van der Waals surface area contributed by atoms with E-state index in [1.54, 1.807) is 24.2 Å². The average molecular weight is 389 g/mol. The molecule has 9 heteroatoms. The normalized spacial score (nSPS) is 17.0. The Morgan fingerprint density at radius 1 is 1.30 bits per heavy atom. The highest BCUT2D eigenvalue weighted by Crippen LogP contribution is 2.24. The summed E-state index contributed by atoms with van der Waals surface area (Å²) in [5, 5.41) is 9.07. The van der Waals surface area contributed by atoms with Gasteiger partial charge in [-0.05, 0) is 31.9 Å². The molecule has 3 rings (SSSR count). The smallest absolute Gasteiger partial charge is 0.310 e. The van der Waals surface area contributed by atoms with Crippen LogP contribution in [0, 0.1) is 5.92 Å². The summed E-state index contributed by atoms with van der Waals surface area (Å²) in [4.78, 5) is 30.3. The molecule has 0 radical (unpaired) electrons. The van der Waals surface area contributed by atoms with Gasteiger partial charge in [0.05, 0.1) is 18.3 Å². The maximum absolute atomic E-state index is 12.6. The van der Waals surface area contributed by atoms with Crippen molar-refractivity contribution in [1.29, 1.82) is 0 Å². The summed E-state index contributed by atoms with van der Waals surface area (Å²) in [6.07, 6.45) is 5.00. The van der Waals surface area contributed by atoms with Crippen LogP contribution in [0.3, 0.4) is 0 Å². The first-order chi connectivity index (χ1) is 13.1. The molecule has 144 valence electrons. The van der Waals surface area contributed by atoms with Gasteiger partial charge < -0.3 is 14.2 Å². The van der Waals surface area contributed by atoms with E-state index >= 15 is 0 Å². The second kappa shape index (κ2) is 8.98. The van der Waals surface area contributed by atoms with Gasteiger partial charge in [0.15, 0.2) is 11.0 Å². The van der Waals surface area contributed by atoms with E-state index in [1.165, 1.54) is 11.8 Å². The van der Waals surface area contributed by atoms with Crippen LogP contribution >= 0.6 is 11.8 Å². The summed E-state index contributed by atoms with van der Waals surface area (Å²) in [5.74, 6) is 0.562. The number of likely N-dealkylation sites (tertiary alicyclic amines) is 1. The summed E-state index contributed by atoms with van der Waals surface area (Å²) >= 11 is 1.35. The predicted molar refractivity (Wildman–Crippen MR) is 101 cm³/mol. The number of carbonyl (C=O) groups excluding carboxylic acids is 2. The Morgan fingerprint density at radius 2 is 2.07 bits per heavy atom. The van der Waals surface area contributed by atoms with Crippen LogP contribution in [0.25, 0.3) is 11.4 Å². The number of piperidine rings is 1. The van der Waals surface area contributed by atoms with Crippen molar-refractivity contribution in [2.75, 3.05) is 25.4 Å². The fourth-order valence-corrected chi connectivity index (χ4v) is 3.88. The molecular weight excluding hydrogens is 366 g/mol. The highest BCUT2D eigenvalue weighted by Gasteiger charge is 2.29. The zero-order valence-corrected chi connectivity index (χ0v) is 16.3. The molecule has 1 atom stereocenters. The van der Waals surface area contributed by atoms with Gasteiger partial charge in [-0.25, -0.2) is 0 Å². The van der Waals surface area contributed by atoms with E-state index in [4.69, 9.17) is 4.74 Å². The number of thioether (sulfide) groups is 1. The number of amides is 1. The Balaban J connectivity index is 1.58. The van der Waals surface area contributed by atoms with Gasteiger partial charge in [-0.15, -0.1) is 10.2 Å². The van der Waals surface area contributed by atoms with Gasteiger partial charge in [0.2, 0.25) is 5.91 Å². The topological polar surface area (TPSA) is 90.2 Å². The summed E-state index contributed by atoms with van der Waals surface area (Å²) < 4.78 is 6.96. The van der Waals surface area contributed by atoms with E-state index in [0.29, 0.717) is 24.9 Å². The van der Waals surface area contributed by atoms with Crippen LogP contribution in [-0.2, 0) is 21.4 Å². The lowest BCUT2D eigenvalue weighted by atomic mass is 9.98. The second-order valence-electron chi connectivity index (χ2n) is 6.32. The number of esters is 1. The first kappa shape index (κ1) is 19.3. The zero-order valence-electron chi connectivity index (χ0n) is 15.5. The molecule has 1 amide bonds. The summed E-state index contributed by atoms with van der Waals surface area (Å²) in [5.41, 5.74) is 0.923. The molecule has 2 aromatic rings. The summed E-state index contributed by atoms with van der Waals surface area (Å²) in [7, 11) is 1.88. The predicted octanol–water partition coefficient (Wildman–Crippen LogP) is 1.77. The Hall–Kier alpha value is -2.42.